The summed E-state index contributed by atoms with van der Waals surface area (Å²) in [5.41, 5.74) is 7.60. The lowest BCUT2D eigenvalue weighted by Gasteiger charge is -2.01. The second kappa shape index (κ2) is 4.13. The van der Waals surface area contributed by atoms with Gasteiger partial charge in [-0.25, -0.2) is 9.97 Å². The summed E-state index contributed by atoms with van der Waals surface area (Å²) >= 11 is 2.18. The van der Waals surface area contributed by atoms with Gasteiger partial charge in [0.1, 0.15) is 17.4 Å². The predicted octanol–water partition coefficient (Wildman–Crippen LogP) is 2.52. The van der Waals surface area contributed by atoms with E-state index in [2.05, 4.69) is 37.5 Å². The van der Waals surface area contributed by atoms with E-state index in [1.807, 2.05) is 18.2 Å². The summed E-state index contributed by atoms with van der Waals surface area (Å²) in [6, 6.07) is 8.86. The molecule has 3 aromatic rings. The molecule has 2 heterocycles. The van der Waals surface area contributed by atoms with Crippen LogP contribution < -0.4 is 5.73 Å². The van der Waals surface area contributed by atoms with E-state index in [9.17, 15) is 5.11 Å². The van der Waals surface area contributed by atoms with Crippen molar-refractivity contribution in [2.24, 2.45) is 0 Å². The zero-order valence-corrected chi connectivity index (χ0v) is 11.3. The van der Waals surface area contributed by atoms with E-state index in [4.69, 9.17) is 5.73 Å². The number of halogens is 1. The van der Waals surface area contributed by atoms with Gasteiger partial charge in [-0.15, -0.1) is 0 Å². The van der Waals surface area contributed by atoms with Gasteiger partial charge < -0.3 is 15.8 Å². The second-order valence-electron chi connectivity index (χ2n) is 3.85. The van der Waals surface area contributed by atoms with Crippen molar-refractivity contribution in [1.82, 2.24) is 15.0 Å². The average molecular weight is 352 g/mol. The topological polar surface area (TPSA) is 87.8 Å². The number of phenolic OH excluding ortho intramolecular Hbond substituents is 1. The number of phenols is 1. The van der Waals surface area contributed by atoms with Gasteiger partial charge in [0, 0.05) is 3.57 Å². The Bertz CT molecular complexity index is 738. The number of aromatic amines is 1. The van der Waals surface area contributed by atoms with Crippen molar-refractivity contribution in [2.45, 2.75) is 0 Å². The number of hydrogen-bond acceptors (Lipinski definition) is 4. The number of anilines is 1. The molecule has 2 aromatic heterocycles. The number of benzene rings is 1. The molecule has 0 radical (unpaired) electrons. The molecule has 0 aliphatic carbocycles. The van der Waals surface area contributed by atoms with Crippen molar-refractivity contribution in [1.29, 1.82) is 0 Å². The predicted molar refractivity (Wildman–Crippen MR) is 78.1 cm³/mol. The summed E-state index contributed by atoms with van der Waals surface area (Å²) in [7, 11) is 0. The third kappa shape index (κ3) is 1.88. The molecule has 3 rings (SSSR count). The van der Waals surface area contributed by atoms with Gasteiger partial charge >= 0.3 is 0 Å². The van der Waals surface area contributed by atoms with Gasteiger partial charge in [0.15, 0.2) is 5.65 Å². The molecule has 0 saturated heterocycles. The molecule has 0 fully saturated rings. The Morgan fingerprint density at radius 2 is 2.00 bits per heavy atom. The Kier molecular flexibility index (Phi) is 2.58. The number of rotatable bonds is 1. The van der Waals surface area contributed by atoms with Crippen LogP contribution in [0.4, 0.5) is 5.82 Å². The first-order valence-corrected chi connectivity index (χ1v) is 6.32. The largest absolute Gasteiger partial charge is 0.507 e. The smallest absolute Gasteiger partial charge is 0.180 e. The lowest BCUT2D eigenvalue weighted by molar-refractivity contribution is 0.477. The van der Waals surface area contributed by atoms with Crippen LogP contribution in [0.3, 0.4) is 0 Å². The molecule has 6 heteroatoms. The summed E-state index contributed by atoms with van der Waals surface area (Å²) in [4.78, 5) is 11.6. The van der Waals surface area contributed by atoms with E-state index in [-0.39, 0.29) is 5.75 Å². The molecule has 0 aliphatic heterocycles. The number of H-pyrrole nitrogens is 1. The summed E-state index contributed by atoms with van der Waals surface area (Å²) in [5.74, 6) is 1.19. The first-order chi connectivity index (χ1) is 8.63. The highest BCUT2D eigenvalue weighted by molar-refractivity contribution is 14.1. The lowest BCUT2D eigenvalue weighted by Crippen LogP contribution is -1.88. The van der Waals surface area contributed by atoms with Gasteiger partial charge in [0.25, 0.3) is 0 Å². The van der Waals surface area contributed by atoms with Gasteiger partial charge in [0.05, 0.1) is 11.1 Å². The molecular formula is C12H9IN4O. The number of nitrogens with one attached hydrogen (secondary N) is 1. The molecule has 4 N–H and O–H groups in total. The molecule has 0 spiro atoms. The molecule has 0 bridgehead atoms. The standard InChI is InChI=1S/C12H9IN4O/c13-6-1-3-9(18)7(5-6)11-15-8-2-4-10(14)16-12(8)17-11/h1-5,18H,(H3,14,15,16,17). The SMILES string of the molecule is Nc1ccc2[nH]c(-c3cc(I)ccc3O)nc2n1. The van der Waals surface area contributed by atoms with Crippen molar-refractivity contribution in [3.8, 4) is 17.1 Å². The third-order valence-corrected chi connectivity index (χ3v) is 3.25. The second-order valence-corrected chi connectivity index (χ2v) is 5.10. The van der Waals surface area contributed by atoms with E-state index in [0.29, 0.717) is 22.9 Å². The molecule has 0 aliphatic rings. The molecular weight excluding hydrogens is 343 g/mol. The molecule has 0 atom stereocenters. The molecule has 5 nitrogen and oxygen atoms in total. The van der Waals surface area contributed by atoms with Crippen LogP contribution in [-0.4, -0.2) is 20.1 Å². The van der Waals surface area contributed by atoms with Gasteiger partial charge in [0.2, 0.25) is 0 Å². The maximum Gasteiger partial charge on any atom is 0.180 e. The molecule has 1 aromatic carbocycles. The Hall–Kier alpha value is -1.83. The average Bonchev–Trinajstić information content (AvgIpc) is 2.74. The van der Waals surface area contributed by atoms with Crippen LogP contribution in [0, 0.1) is 3.57 Å². The quantitative estimate of drug-likeness (QED) is 0.588. The number of pyridine rings is 1. The summed E-state index contributed by atoms with van der Waals surface area (Å²) in [6.07, 6.45) is 0. The Balaban J connectivity index is 2.22. The first-order valence-electron chi connectivity index (χ1n) is 5.24. The summed E-state index contributed by atoms with van der Waals surface area (Å²) in [5, 5.41) is 9.86. The van der Waals surface area contributed by atoms with E-state index in [1.165, 1.54) is 0 Å². The zero-order chi connectivity index (χ0) is 12.7. The summed E-state index contributed by atoms with van der Waals surface area (Å²) in [6.45, 7) is 0. The normalized spacial score (nSPS) is 10.9. The fraction of sp³-hybridized carbons (Fsp3) is 0. The van der Waals surface area contributed by atoms with Crippen LogP contribution in [0.5, 0.6) is 5.75 Å². The molecule has 0 unspecified atom stereocenters. The maximum atomic E-state index is 9.86. The lowest BCUT2D eigenvalue weighted by atomic mass is 10.2. The van der Waals surface area contributed by atoms with E-state index < -0.39 is 0 Å². The number of hydrogen-bond donors (Lipinski definition) is 3. The van der Waals surface area contributed by atoms with E-state index >= 15 is 0 Å². The summed E-state index contributed by atoms with van der Waals surface area (Å²) < 4.78 is 1.02. The van der Waals surface area contributed by atoms with Gasteiger partial charge in [-0.1, -0.05) is 0 Å². The fourth-order valence-corrected chi connectivity index (χ4v) is 2.22. The number of aromatic nitrogens is 3. The minimum atomic E-state index is 0.183. The minimum absolute atomic E-state index is 0.183. The number of nitrogens with zero attached hydrogens (tertiary/aromatic N) is 2. The van der Waals surface area contributed by atoms with Crippen molar-refractivity contribution in [3.05, 3.63) is 33.9 Å². The van der Waals surface area contributed by atoms with Crippen LogP contribution in [-0.2, 0) is 0 Å². The monoisotopic (exact) mass is 352 g/mol. The number of fused-ring (bicyclic) bond motifs is 1. The number of aromatic hydroxyl groups is 1. The number of imidazole rings is 1. The zero-order valence-electron chi connectivity index (χ0n) is 9.18. The first kappa shape index (κ1) is 11.3. The third-order valence-electron chi connectivity index (χ3n) is 2.58. The minimum Gasteiger partial charge on any atom is -0.507 e. The van der Waals surface area contributed by atoms with Crippen molar-refractivity contribution >= 4 is 39.6 Å². The van der Waals surface area contributed by atoms with Crippen LogP contribution in [0.1, 0.15) is 0 Å². The fourth-order valence-electron chi connectivity index (χ4n) is 1.73. The Morgan fingerprint density at radius 1 is 1.17 bits per heavy atom. The molecule has 18 heavy (non-hydrogen) atoms. The highest BCUT2D eigenvalue weighted by atomic mass is 127. The van der Waals surface area contributed by atoms with Crippen molar-refractivity contribution in [3.63, 3.8) is 0 Å². The highest BCUT2D eigenvalue weighted by Gasteiger charge is 2.10. The van der Waals surface area contributed by atoms with E-state index in [0.717, 1.165) is 9.09 Å². The van der Waals surface area contributed by atoms with Crippen LogP contribution in [0.25, 0.3) is 22.6 Å². The van der Waals surface area contributed by atoms with Gasteiger partial charge in [-0.05, 0) is 52.9 Å². The van der Waals surface area contributed by atoms with Crippen LogP contribution in [0.15, 0.2) is 30.3 Å². The number of nitrogens with two attached hydrogens (primary N) is 1. The van der Waals surface area contributed by atoms with E-state index in [1.54, 1.807) is 12.1 Å². The molecule has 90 valence electrons. The molecule has 0 amide bonds. The van der Waals surface area contributed by atoms with Crippen molar-refractivity contribution < 1.29 is 5.11 Å². The van der Waals surface area contributed by atoms with Crippen LogP contribution in [0.2, 0.25) is 0 Å². The Labute approximate surface area is 116 Å². The van der Waals surface area contributed by atoms with Crippen LogP contribution >= 0.6 is 22.6 Å². The Morgan fingerprint density at radius 3 is 2.83 bits per heavy atom. The highest BCUT2D eigenvalue weighted by Crippen LogP contribution is 2.29. The maximum absolute atomic E-state index is 9.86. The van der Waals surface area contributed by atoms with Gasteiger partial charge in [-0.3, -0.25) is 0 Å². The molecule has 0 saturated carbocycles. The van der Waals surface area contributed by atoms with Crippen molar-refractivity contribution in [2.75, 3.05) is 5.73 Å². The number of nitrogen functional groups attached to an aromatic ring is 1. The van der Waals surface area contributed by atoms with Gasteiger partial charge in [-0.2, -0.15) is 0 Å².